The van der Waals surface area contributed by atoms with Crippen LogP contribution >= 0.6 is 11.6 Å². The highest BCUT2D eigenvalue weighted by molar-refractivity contribution is 6.38. The largest absolute Gasteiger partial charge is 0.339 e. The third kappa shape index (κ3) is 3.21. The van der Waals surface area contributed by atoms with Gasteiger partial charge in [-0.15, -0.1) is 0 Å². The molecular weight excluding hydrogens is 360 g/mol. The van der Waals surface area contributed by atoms with Gasteiger partial charge in [0.05, 0.1) is 27.4 Å². The number of rotatable bonds is 2. The van der Waals surface area contributed by atoms with Crippen LogP contribution in [0.5, 0.6) is 0 Å². The maximum Gasteiger partial charge on any atom is 0.256 e. The number of pyridine rings is 1. The number of likely N-dealkylation sites (tertiary alicyclic amines) is 1. The number of hydrogen-bond donors (Lipinski definition) is 0. The Morgan fingerprint density at radius 3 is 2.48 bits per heavy atom. The average Bonchev–Trinajstić information content (AvgIpc) is 3.00. The van der Waals surface area contributed by atoms with Crippen LogP contribution in [0.4, 0.5) is 0 Å². The first-order valence-electron chi connectivity index (χ1n) is 9.36. The van der Waals surface area contributed by atoms with E-state index in [9.17, 15) is 4.79 Å². The van der Waals surface area contributed by atoms with Crippen LogP contribution in [0.1, 0.15) is 41.4 Å². The molecule has 6 heteroatoms. The molecule has 0 unspecified atom stereocenters. The fourth-order valence-electron chi connectivity index (χ4n) is 3.61. The summed E-state index contributed by atoms with van der Waals surface area (Å²) in [5.74, 6) is 0.629. The lowest BCUT2D eigenvalue weighted by Gasteiger charge is -2.30. The molecule has 1 saturated heterocycles. The Bertz CT molecular complexity index is 1000. The zero-order chi connectivity index (χ0) is 19.1. The quantitative estimate of drug-likeness (QED) is 0.652. The molecule has 3 aromatic rings. The van der Waals surface area contributed by atoms with Gasteiger partial charge in [0.15, 0.2) is 5.65 Å². The van der Waals surface area contributed by atoms with Crippen LogP contribution in [0, 0.1) is 19.8 Å². The summed E-state index contributed by atoms with van der Waals surface area (Å²) >= 11 is 6.67. The van der Waals surface area contributed by atoms with Crippen molar-refractivity contribution in [3.63, 3.8) is 0 Å². The Hall–Kier alpha value is -2.40. The van der Waals surface area contributed by atoms with Crippen molar-refractivity contribution in [2.75, 3.05) is 13.1 Å². The van der Waals surface area contributed by atoms with Crippen molar-refractivity contribution >= 4 is 28.5 Å². The first-order valence-corrected chi connectivity index (χ1v) is 9.73. The number of aryl methyl sites for hydroxylation is 2. The van der Waals surface area contributed by atoms with Crippen LogP contribution in [-0.4, -0.2) is 38.7 Å². The van der Waals surface area contributed by atoms with E-state index < -0.39 is 0 Å². The lowest BCUT2D eigenvalue weighted by molar-refractivity contribution is 0.0697. The average molecular weight is 383 g/mol. The molecule has 1 aromatic carbocycles. The van der Waals surface area contributed by atoms with E-state index in [1.807, 2.05) is 43.0 Å². The fraction of sp³-hybridized carbons (Fsp3) is 0.381. The first-order chi connectivity index (χ1) is 13.0. The second-order valence-corrected chi connectivity index (χ2v) is 7.87. The van der Waals surface area contributed by atoms with E-state index in [0.717, 1.165) is 42.7 Å². The highest BCUT2D eigenvalue weighted by atomic mass is 35.5. The monoisotopic (exact) mass is 382 g/mol. The Morgan fingerprint density at radius 1 is 1.15 bits per heavy atom. The van der Waals surface area contributed by atoms with Gasteiger partial charge in [-0.1, -0.05) is 36.2 Å². The maximum atomic E-state index is 13.0. The third-order valence-corrected chi connectivity index (χ3v) is 5.78. The minimum atomic E-state index is -0.0382. The molecule has 140 valence electrons. The molecule has 27 heavy (non-hydrogen) atoms. The van der Waals surface area contributed by atoms with Crippen molar-refractivity contribution in [1.82, 2.24) is 19.7 Å². The molecule has 0 atom stereocenters. The molecule has 0 aliphatic carbocycles. The summed E-state index contributed by atoms with van der Waals surface area (Å²) in [6, 6.07) is 8.08. The van der Waals surface area contributed by atoms with Crippen molar-refractivity contribution < 1.29 is 4.79 Å². The van der Waals surface area contributed by atoms with Gasteiger partial charge < -0.3 is 4.90 Å². The minimum absolute atomic E-state index is 0.0382. The SMILES string of the molecule is Cc1ccc(-n2nc(C)c3c(Cl)c(C(=O)N4CCC(C)CC4)cnc32)cc1. The predicted molar refractivity (Wildman–Crippen MR) is 108 cm³/mol. The smallest absolute Gasteiger partial charge is 0.256 e. The molecule has 1 amide bonds. The van der Waals surface area contributed by atoms with E-state index in [-0.39, 0.29) is 5.91 Å². The van der Waals surface area contributed by atoms with E-state index in [4.69, 9.17) is 11.6 Å². The minimum Gasteiger partial charge on any atom is -0.339 e. The molecule has 0 spiro atoms. The number of benzene rings is 1. The van der Waals surface area contributed by atoms with Crippen LogP contribution in [0.2, 0.25) is 5.02 Å². The Morgan fingerprint density at radius 2 is 1.81 bits per heavy atom. The van der Waals surface area contributed by atoms with Gasteiger partial charge >= 0.3 is 0 Å². The van der Waals surface area contributed by atoms with Crippen molar-refractivity contribution in [3.05, 3.63) is 52.3 Å². The number of aromatic nitrogens is 3. The van der Waals surface area contributed by atoms with Gasteiger partial charge in [-0.3, -0.25) is 4.79 Å². The molecule has 1 aliphatic rings. The van der Waals surface area contributed by atoms with E-state index in [2.05, 4.69) is 17.0 Å². The van der Waals surface area contributed by atoms with Crippen LogP contribution < -0.4 is 0 Å². The van der Waals surface area contributed by atoms with E-state index >= 15 is 0 Å². The Kier molecular flexibility index (Phi) is 4.64. The van der Waals surface area contributed by atoms with Gasteiger partial charge in [-0.2, -0.15) is 5.10 Å². The lowest BCUT2D eigenvalue weighted by Crippen LogP contribution is -2.38. The topological polar surface area (TPSA) is 51.0 Å². The summed E-state index contributed by atoms with van der Waals surface area (Å²) in [6.45, 7) is 7.72. The number of carbonyl (C=O) groups excluding carboxylic acids is 1. The van der Waals surface area contributed by atoms with Crippen LogP contribution in [-0.2, 0) is 0 Å². The zero-order valence-corrected chi connectivity index (χ0v) is 16.6. The van der Waals surface area contributed by atoms with Crippen molar-refractivity contribution in [3.8, 4) is 5.69 Å². The summed E-state index contributed by atoms with van der Waals surface area (Å²) in [5.41, 5.74) is 4.01. The number of piperidine rings is 1. The van der Waals surface area contributed by atoms with Crippen LogP contribution in [0.3, 0.4) is 0 Å². The van der Waals surface area contributed by atoms with Crippen molar-refractivity contribution in [2.24, 2.45) is 5.92 Å². The lowest BCUT2D eigenvalue weighted by atomic mass is 9.98. The molecule has 5 nitrogen and oxygen atoms in total. The second kappa shape index (κ2) is 6.97. The van der Waals surface area contributed by atoms with Gasteiger partial charge in [0, 0.05) is 19.3 Å². The molecule has 0 saturated carbocycles. The first kappa shape index (κ1) is 18.0. The Balaban J connectivity index is 1.75. The summed E-state index contributed by atoms with van der Waals surface area (Å²) in [4.78, 5) is 19.4. The highest BCUT2D eigenvalue weighted by Crippen LogP contribution is 2.31. The Labute approximate surface area is 164 Å². The van der Waals surface area contributed by atoms with E-state index in [0.29, 0.717) is 22.2 Å². The van der Waals surface area contributed by atoms with E-state index in [1.54, 1.807) is 10.9 Å². The van der Waals surface area contributed by atoms with Crippen LogP contribution in [0.15, 0.2) is 30.5 Å². The number of fused-ring (bicyclic) bond motifs is 1. The molecule has 2 aromatic heterocycles. The number of hydrogen-bond acceptors (Lipinski definition) is 3. The summed E-state index contributed by atoms with van der Waals surface area (Å²) in [5, 5.41) is 5.81. The molecule has 0 radical (unpaired) electrons. The molecule has 0 N–H and O–H groups in total. The number of halogens is 1. The maximum absolute atomic E-state index is 13.0. The van der Waals surface area contributed by atoms with E-state index in [1.165, 1.54) is 5.56 Å². The summed E-state index contributed by atoms with van der Waals surface area (Å²) in [7, 11) is 0. The molecule has 3 heterocycles. The van der Waals surface area contributed by atoms with Crippen molar-refractivity contribution in [1.29, 1.82) is 0 Å². The summed E-state index contributed by atoms with van der Waals surface area (Å²) in [6.07, 6.45) is 3.66. The van der Waals surface area contributed by atoms with Gasteiger partial charge in [0.25, 0.3) is 5.91 Å². The second-order valence-electron chi connectivity index (χ2n) is 7.49. The van der Waals surface area contributed by atoms with Gasteiger partial charge in [-0.25, -0.2) is 9.67 Å². The summed E-state index contributed by atoms with van der Waals surface area (Å²) < 4.78 is 1.78. The standard InChI is InChI=1S/C21H23ClN4O/c1-13-4-6-16(7-5-13)26-20-18(15(3)24-26)19(22)17(12-23-20)21(27)25-10-8-14(2)9-11-25/h4-7,12,14H,8-11H2,1-3H3. The van der Waals surface area contributed by atoms with Gasteiger partial charge in [0.2, 0.25) is 0 Å². The number of nitrogens with zero attached hydrogens (tertiary/aromatic N) is 4. The van der Waals surface area contributed by atoms with Crippen molar-refractivity contribution in [2.45, 2.75) is 33.6 Å². The predicted octanol–water partition coefficient (Wildman–Crippen LogP) is 4.56. The molecule has 4 rings (SSSR count). The molecule has 0 bridgehead atoms. The van der Waals surface area contributed by atoms with Gasteiger partial charge in [-0.05, 0) is 44.7 Å². The van der Waals surface area contributed by atoms with Gasteiger partial charge in [0.1, 0.15) is 0 Å². The molecule has 1 aliphatic heterocycles. The third-order valence-electron chi connectivity index (χ3n) is 5.39. The molecule has 1 fully saturated rings. The fourth-order valence-corrected chi connectivity index (χ4v) is 3.96. The van der Waals surface area contributed by atoms with Crippen LogP contribution in [0.25, 0.3) is 16.7 Å². The molecular formula is C21H23ClN4O. The highest BCUT2D eigenvalue weighted by Gasteiger charge is 2.26. The zero-order valence-electron chi connectivity index (χ0n) is 15.9. The normalized spacial score (nSPS) is 15.5. The number of carbonyl (C=O) groups is 1. The number of amides is 1.